The molecule has 1 N–H and O–H groups in total. The molecule has 0 saturated carbocycles. The van der Waals surface area contributed by atoms with Gasteiger partial charge in [0.1, 0.15) is 5.82 Å². The molecule has 160 valence electrons. The molecule has 1 amide bonds. The summed E-state index contributed by atoms with van der Waals surface area (Å²) in [5.74, 6) is 0.0902. The largest absolute Gasteiger partial charge is 0.324 e. The van der Waals surface area contributed by atoms with Gasteiger partial charge in [-0.2, -0.15) is 0 Å². The molecule has 3 rings (SSSR count). The van der Waals surface area contributed by atoms with Crippen molar-refractivity contribution >= 4 is 61.2 Å². The van der Waals surface area contributed by atoms with Gasteiger partial charge in [0.25, 0.3) is 5.91 Å². The van der Waals surface area contributed by atoms with Gasteiger partial charge in [-0.05, 0) is 71.8 Å². The molecular formula is C21H23ClIN3O3S. The van der Waals surface area contributed by atoms with Crippen molar-refractivity contribution in [1.29, 1.82) is 0 Å². The summed E-state index contributed by atoms with van der Waals surface area (Å²) in [6.45, 7) is 4.38. The zero-order chi connectivity index (χ0) is 21.9. The summed E-state index contributed by atoms with van der Waals surface area (Å²) in [6, 6.07) is 10.8. The quantitative estimate of drug-likeness (QED) is 0.314. The number of hydrogen-bond acceptors (Lipinski definition) is 4. The van der Waals surface area contributed by atoms with Crippen molar-refractivity contribution in [2.45, 2.75) is 39.7 Å². The van der Waals surface area contributed by atoms with Gasteiger partial charge in [-0.15, -0.1) is 0 Å². The Hall–Kier alpha value is -1.65. The van der Waals surface area contributed by atoms with Gasteiger partial charge in [0.15, 0.2) is 0 Å². The van der Waals surface area contributed by atoms with Crippen LogP contribution < -0.4 is 4.72 Å². The van der Waals surface area contributed by atoms with E-state index in [1.165, 1.54) is 0 Å². The molecule has 0 bridgehead atoms. The number of nitrogens with one attached hydrogen (secondary N) is 1. The normalized spacial score (nSPS) is 11.7. The van der Waals surface area contributed by atoms with Gasteiger partial charge in [0, 0.05) is 14.2 Å². The zero-order valence-corrected chi connectivity index (χ0v) is 20.5. The summed E-state index contributed by atoms with van der Waals surface area (Å²) in [7, 11) is -3.66. The summed E-state index contributed by atoms with van der Waals surface area (Å²) >= 11 is 8.60. The number of hydrogen-bond donors (Lipinski definition) is 1. The minimum absolute atomic E-state index is 0.0584. The fourth-order valence-electron chi connectivity index (χ4n) is 3.20. The Balaban J connectivity index is 1.88. The van der Waals surface area contributed by atoms with Crippen molar-refractivity contribution in [1.82, 2.24) is 14.3 Å². The minimum Gasteiger partial charge on any atom is -0.324 e. The molecule has 3 aromatic rings. The van der Waals surface area contributed by atoms with Gasteiger partial charge in [0.2, 0.25) is 10.0 Å². The van der Waals surface area contributed by atoms with Crippen LogP contribution in [-0.2, 0) is 16.6 Å². The second kappa shape index (κ2) is 9.65. The molecule has 0 atom stereocenters. The Kier molecular flexibility index (Phi) is 7.41. The lowest BCUT2D eigenvalue weighted by Crippen LogP contribution is -2.32. The lowest BCUT2D eigenvalue weighted by molar-refractivity contribution is 0.0981. The van der Waals surface area contributed by atoms with Crippen molar-refractivity contribution in [3.05, 3.63) is 61.9 Å². The van der Waals surface area contributed by atoms with Crippen molar-refractivity contribution in [2.24, 2.45) is 0 Å². The number of carbonyl (C=O) groups is 1. The number of imidazole rings is 1. The monoisotopic (exact) mass is 559 g/mol. The van der Waals surface area contributed by atoms with Crippen molar-refractivity contribution < 1.29 is 13.2 Å². The Morgan fingerprint density at radius 3 is 2.67 bits per heavy atom. The Morgan fingerprint density at radius 2 is 1.97 bits per heavy atom. The molecule has 0 saturated heterocycles. The third-order valence-electron chi connectivity index (χ3n) is 4.81. The van der Waals surface area contributed by atoms with Gasteiger partial charge < -0.3 is 4.57 Å². The summed E-state index contributed by atoms with van der Waals surface area (Å²) in [4.78, 5) is 17.1. The lowest BCUT2D eigenvalue weighted by Gasteiger charge is -2.10. The molecule has 0 radical (unpaired) electrons. The topological polar surface area (TPSA) is 81.1 Å². The second-order valence-electron chi connectivity index (χ2n) is 7.14. The molecule has 1 aromatic heterocycles. The summed E-state index contributed by atoms with van der Waals surface area (Å²) < 4.78 is 29.5. The molecule has 2 aromatic carbocycles. The van der Waals surface area contributed by atoms with E-state index in [9.17, 15) is 13.2 Å². The predicted molar refractivity (Wildman–Crippen MR) is 129 cm³/mol. The van der Waals surface area contributed by atoms with E-state index in [0.717, 1.165) is 38.8 Å². The lowest BCUT2D eigenvalue weighted by atomic mass is 10.2. The van der Waals surface area contributed by atoms with E-state index in [1.54, 1.807) is 18.2 Å². The third-order valence-corrected chi connectivity index (χ3v) is 7.16. The van der Waals surface area contributed by atoms with Crippen LogP contribution in [-0.4, -0.2) is 29.6 Å². The molecule has 0 spiro atoms. The highest BCUT2D eigenvalue weighted by molar-refractivity contribution is 14.1. The number of aromatic nitrogens is 2. The van der Waals surface area contributed by atoms with Crippen molar-refractivity contribution in [2.75, 3.05) is 5.75 Å². The molecule has 0 unspecified atom stereocenters. The molecule has 9 heteroatoms. The van der Waals surface area contributed by atoms with Crippen LogP contribution in [0, 0.1) is 10.5 Å². The van der Waals surface area contributed by atoms with Gasteiger partial charge in [-0.1, -0.05) is 37.4 Å². The number of nitrogens with zero attached hydrogens (tertiary/aromatic N) is 2. The molecule has 1 heterocycles. The van der Waals surface area contributed by atoms with Crippen LogP contribution in [0.25, 0.3) is 11.0 Å². The zero-order valence-electron chi connectivity index (χ0n) is 16.8. The maximum absolute atomic E-state index is 12.6. The van der Waals surface area contributed by atoms with Crippen LogP contribution in [0.1, 0.15) is 47.9 Å². The first-order valence-corrected chi connectivity index (χ1v) is 12.8. The van der Waals surface area contributed by atoms with Gasteiger partial charge in [-0.3, -0.25) is 4.79 Å². The molecule has 0 aliphatic heterocycles. The van der Waals surface area contributed by atoms with E-state index in [4.69, 9.17) is 11.6 Å². The fourth-order valence-corrected chi connectivity index (χ4v) is 5.20. The number of unbranched alkanes of at least 4 members (excludes halogenated alkanes) is 2. The smallest absolute Gasteiger partial charge is 0.264 e. The average Bonchev–Trinajstić information content (AvgIpc) is 2.98. The second-order valence-corrected chi connectivity index (χ2v) is 10.6. The van der Waals surface area contributed by atoms with E-state index in [2.05, 4.69) is 32.3 Å². The number of halogens is 2. The van der Waals surface area contributed by atoms with Gasteiger partial charge >= 0.3 is 0 Å². The first kappa shape index (κ1) is 23.0. The highest BCUT2D eigenvalue weighted by Crippen LogP contribution is 2.24. The van der Waals surface area contributed by atoms with Crippen LogP contribution >= 0.6 is 34.2 Å². The number of carbonyl (C=O) groups excluding carboxylic acids is 1. The summed E-state index contributed by atoms with van der Waals surface area (Å²) in [5, 5.41) is 0.662. The Bertz CT molecular complexity index is 1190. The highest BCUT2D eigenvalue weighted by atomic mass is 127. The maximum Gasteiger partial charge on any atom is 0.264 e. The fraction of sp³-hybridized carbons (Fsp3) is 0.333. The van der Waals surface area contributed by atoms with Crippen molar-refractivity contribution in [3.8, 4) is 0 Å². The highest BCUT2D eigenvalue weighted by Gasteiger charge is 2.18. The number of aryl methyl sites for hydroxylation is 1. The number of sulfonamides is 1. The average molecular weight is 560 g/mol. The van der Waals surface area contributed by atoms with Crippen LogP contribution in [0.4, 0.5) is 0 Å². The molecule has 6 nitrogen and oxygen atoms in total. The molecule has 30 heavy (non-hydrogen) atoms. The number of rotatable bonds is 8. The molecule has 0 aliphatic carbocycles. The standard InChI is InChI=1S/C21H23ClIN3O3S/c1-3-4-5-10-30(28,29)25-21(27)15-7-9-19-20(11-15)26(14(2)24-19)13-16-6-8-17(23)12-18(16)22/h6-9,11-12H,3-5,10,13H2,1-2H3,(H,25,27). The Morgan fingerprint density at radius 1 is 1.20 bits per heavy atom. The van der Waals surface area contributed by atoms with E-state index in [-0.39, 0.29) is 11.3 Å². The van der Waals surface area contributed by atoms with E-state index >= 15 is 0 Å². The first-order valence-electron chi connectivity index (χ1n) is 9.66. The van der Waals surface area contributed by atoms with E-state index < -0.39 is 15.9 Å². The SMILES string of the molecule is CCCCCS(=O)(=O)NC(=O)c1ccc2nc(C)n(Cc3ccc(I)cc3Cl)c2c1. The van der Waals surface area contributed by atoms with Crippen LogP contribution in [0.5, 0.6) is 0 Å². The Labute approximate surface area is 195 Å². The van der Waals surface area contributed by atoms with Crippen LogP contribution in [0.15, 0.2) is 36.4 Å². The summed E-state index contributed by atoms with van der Waals surface area (Å²) in [6.07, 6.45) is 2.25. The van der Waals surface area contributed by atoms with Crippen LogP contribution in [0.2, 0.25) is 5.02 Å². The minimum atomic E-state index is -3.66. The van der Waals surface area contributed by atoms with E-state index in [0.29, 0.717) is 18.0 Å². The molecular weight excluding hydrogens is 537 g/mol. The van der Waals surface area contributed by atoms with Crippen molar-refractivity contribution in [3.63, 3.8) is 0 Å². The third kappa shape index (κ3) is 5.53. The summed E-state index contributed by atoms with van der Waals surface area (Å²) in [5.41, 5.74) is 2.69. The molecule has 0 fully saturated rings. The van der Waals surface area contributed by atoms with Gasteiger partial charge in [0.05, 0.1) is 23.3 Å². The van der Waals surface area contributed by atoms with E-state index in [1.807, 2.05) is 36.6 Å². The number of fused-ring (bicyclic) bond motifs is 1. The maximum atomic E-state index is 12.6. The predicted octanol–water partition coefficient (Wildman–Crippen LogP) is 4.90. The van der Waals surface area contributed by atoms with Crippen LogP contribution in [0.3, 0.4) is 0 Å². The number of benzene rings is 2. The van der Waals surface area contributed by atoms with Gasteiger partial charge in [-0.25, -0.2) is 18.1 Å². The molecule has 0 aliphatic rings. The first-order chi connectivity index (χ1) is 14.2. The number of amides is 1.